The Labute approximate surface area is 142 Å². The third-order valence-corrected chi connectivity index (χ3v) is 4.15. The second-order valence-corrected chi connectivity index (χ2v) is 6.28. The molecule has 6 nitrogen and oxygen atoms in total. The molecule has 0 saturated carbocycles. The minimum Gasteiger partial charge on any atom is -0.378 e. The number of rotatable bonds is 4. The summed E-state index contributed by atoms with van der Waals surface area (Å²) in [6, 6.07) is 9.92. The first-order valence-corrected chi connectivity index (χ1v) is 8.35. The average molecular weight is 328 g/mol. The predicted octanol–water partition coefficient (Wildman–Crippen LogP) is 2.86. The van der Waals surface area contributed by atoms with E-state index in [9.17, 15) is 4.79 Å². The molecule has 3 rings (SSSR count). The second-order valence-electron chi connectivity index (χ2n) is 6.28. The first-order chi connectivity index (χ1) is 11.6. The maximum atomic E-state index is 12.6. The summed E-state index contributed by atoms with van der Waals surface area (Å²) in [5, 5.41) is 7.42. The molecule has 1 aromatic heterocycles. The lowest BCUT2D eigenvalue weighted by molar-refractivity contribution is 0.102. The van der Waals surface area contributed by atoms with Crippen molar-refractivity contribution in [2.75, 3.05) is 36.5 Å². The third-order valence-electron chi connectivity index (χ3n) is 4.15. The molecule has 1 aliphatic heterocycles. The molecule has 0 unspecified atom stereocenters. The predicted molar refractivity (Wildman–Crippen MR) is 94.8 cm³/mol. The molecule has 0 bridgehead atoms. The zero-order valence-corrected chi connectivity index (χ0v) is 14.5. The van der Waals surface area contributed by atoms with E-state index in [1.807, 2.05) is 41.9 Å². The Kier molecular flexibility index (Phi) is 4.85. The zero-order valence-electron chi connectivity index (χ0n) is 14.5. The lowest BCUT2D eigenvalue weighted by Crippen LogP contribution is -2.36. The zero-order chi connectivity index (χ0) is 17.1. The Balaban J connectivity index is 1.80. The molecule has 1 aliphatic rings. The van der Waals surface area contributed by atoms with E-state index in [-0.39, 0.29) is 11.9 Å². The highest BCUT2D eigenvalue weighted by atomic mass is 16.5. The van der Waals surface area contributed by atoms with Crippen molar-refractivity contribution in [3.8, 4) is 0 Å². The fraction of sp³-hybridized carbons (Fsp3) is 0.444. The monoisotopic (exact) mass is 328 g/mol. The van der Waals surface area contributed by atoms with Crippen molar-refractivity contribution in [3.05, 3.63) is 41.7 Å². The van der Waals surface area contributed by atoms with Crippen molar-refractivity contribution in [1.29, 1.82) is 0 Å². The summed E-state index contributed by atoms with van der Waals surface area (Å²) >= 11 is 0. The van der Waals surface area contributed by atoms with Gasteiger partial charge >= 0.3 is 0 Å². The Morgan fingerprint density at radius 2 is 1.96 bits per heavy atom. The lowest BCUT2D eigenvalue weighted by atomic mass is 10.2. The van der Waals surface area contributed by atoms with E-state index in [4.69, 9.17) is 4.74 Å². The maximum absolute atomic E-state index is 12.6. The molecule has 1 aromatic carbocycles. The van der Waals surface area contributed by atoms with E-state index >= 15 is 0 Å². The van der Waals surface area contributed by atoms with Crippen molar-refractivity contribution in [3.63, 3.8) is 0 Å². The first kappa shape index (κ1) is 16.5. The van der Waals surface area contributed by atoms with Gasteiger partial charge in [-0.15, -0.1) is 0 Å². The molecule has 0 spiro atoms. The molecule has 2 aromatic rings. The van der Waals surface area contributed by atoms with Crippen molar-refractivity contribution in [2.24, 2.45) is 0 Å². The van der Waals surface area contributed by atoms with E-state index in [1.54, 1.807) is 0 Å². The fourth-order valence-corrected chi connectivity index (χ4v) is 2.97. The quantitative estimate of drug-likeness (QED) is 0.937. The number of hydrogen-bond donors (Lipinski definition) is 1. The van der Waals surface area contributed by atoms with Crippen LogP contribution in [0.15, 0.2) is 30.3 Å². The smallest absolute Gasteiger partial charge is 0.276 e. The van der Waals surface area contributed by atoms with Crippen LogP contribution in [-0.4, -0.2) is 42.0 Å². The third kappa shape index (κ3) is 3.43. The summed E-state index contributed by atoms with van der Waals surface area (Å²) in [4.78, 5) is 14.8. The molecular formula is C18H24N4O2. The number of morpholine rings is 1. The number of nitrogens with one attached hydrogen (secondary N) is 1. The highest BCUT2D eigenvalue weighted by molar-refractivity contribution is 6.04. The van der Waals surface area contributed by atoms with Gasteiger partial charge in [0.05, 0.1) is 24.6 Å². The normalized spacial score (nSPS) is 14.9. The van der Waals surface area contributed by atoms with Crippen LogP contribution in [0.1, 0.15) is 36.1 Å². The number of aryl methyl sites for hydroxylation is 1. The SMILES string of the molecule is Cc1cc(C(=O)Nc2ccccc2N2CCOCC2)nn1C(C)C. The summed E-state index contributed by atoms with van der Waals surface area (Å²) in [7, 11) is 0. The van der Waals surface area contributed by atoms with E-state index in [0.29, 0.717) is 18.9 Å². The molecule has 0 radical (unpaired) electrons. The van der Waals surface area contributed by atoms with Gasteiger partial charge < -0.3 is 15.0 Å². The lowest BCUT2D eigenvalue weighted by Gasteiger charge is -2.30. The van der Waals surface area contributed by atoms with Crippen LogP contribution in [0.5, 0.6) is 0 Å². The molecule has 128 valence electrons. The summed E-state index contributed by atoms with van der Waals surface area (Å²) in [6.07, 6.45) is 0. The number of aromatic nitrogens is 2. The summed E-state index contributed by atoms with van der Waals surface area (Å²) in [5.74, 6) is -0.182. The number of carbonyl (C=O) groups excluding carboxylic acids is 1. The molecule has 0 aliphatic carbocycles. The molecule has 2 heterocycles. The fourth-order valence-electron chi connectivity index (χ4n) is 2.97. The highest BCUT2D eigenvalue weighted by Gasteiger charge is 2.18. The van der Waals surface area contributed by atoms with Gasteiger partial charge in [0.2, 0.25) is 0 Å². The highest BCUT2D eigenvalue weighted by Crippen LogP contribution is 2.26. The minimum absolute atomic E-state index is 0.182. The van der Waals surface area contributed by atoms with Crippen LogP contribution in [0.3, 0.4) is 0 Å². The molecule has 6 heteroatoms. The molecular weight excluding hydrogens is 304 g/mol. The van der Waals surface area contributed by atoms with E-state index in [1.165, 1.54) is 0 Å². The largest absolute Gasteiger partial charge is 0.378 e. The first-order valence-electron chi connectivity index (χ1n) is 8.35. The van der Waals surface area contributed by atoms with E-state index in [2.05, 4.69) is 29.2 Å². The Hall–Kier alpha value is -2.34. The van der Waals surface area contributed by atoms with E-state index in [0.717, 1.165) is 30.2 Å². The van der Waals surface area contributed by atoms with Gasteiger partial charge in [0.1, 0.15) is 0 Å². The van der Waals surface area contributed by atoms with Gasteiger partial charge in [0, 0.05) is 24.8 Å². The number of hydrogen-bond acceptors (Lipinski definition) is 4. The van der Waals surface area contributed by atoms with Crippen LogP contribution >= 0.6 is 0 Å². The number of anilines is 2. The van der Waals surface area contributed by atoms with Gasteiger partial charge in [-0.25, -0.2) is 0 Å². The standard InChI is InChI=1S/C18H24N4O2/c1-13(2)22-14(3)12-16(20-22)18(23)19-15-6-4-5-7-17(15)21-8-10-24-11-9-21/h4-7,12-13H,8-11H2,1-3H3,(H,19,23). The van der Waals surface area contributed by atoms with Crippen molar-refractivity contribution in [2.45, 2.75) is 26.8 Å². The van der Waals surface area contributed by atoms with Gasteiger partial charge in [-0.1, -0.05) is 12.1 Å². The van der Waals surface area contributed by atoms with Crippen molar-refractivity contribution >= 4 is 17.3 Å². The average Bonchev–Trinajstić information content (AvgIpc) is 2.98. The minimum atomic E-state index is -0.182. The summed E-state index contributed by atoms with van der Waals surface area (Å²) in [6.45, 7) is 9.14. The van der Waals surface area contributed by atoms with Gasteiger partial charge in [-0.05, 0) is 39.0 Å². The Morgan fingerprint density at radius 1 is 1.25 bits per heavy atom. The number of benzene rings is 1. The molecule has 0 atom stereocenters. The van der Waals surface area contributed by atoms with Crippen LogP contribution in [-0.2, 0) is 4.74 Å². The van der Waals surface area contributed by atoms with Gasteiger partial charge in [0.25, 0.3) is 5.91 Å². The van der Waals surface area contributed by atoms with Crippen LogP contribution < -0.4 is 10.2 Å². The second kappa shape index (κ2) is 7.05. The molecule has 1 N–H and O–H groups in total. The van der Waals surface area contributed by atoms with Crippen LogP contribution in [0, 0.1) is 6.92 Å². The topological polar surface area (TPSA) is 59.4 Å². The molecule has 1 amide bonds. The number of nitrogens with zero attached hydrogens (tertiary/aromatic N) is 3. The van der Waals surface area contributed by atoms with Crippen LogP contribution in [0.2, 0.25) is 0 Å². The molecule has 1 saturated heterocycles. The number of carbonyl (C=O) groups is 1. The molecule has 1 fully saturated rings. The Bertz CT molecular complexity index is 718. The van der Waals surface area contributed by atoms with Gasteiger partial charge in [-0.3, -0.25) is 9.48 Å². The van der Waals surface area contributed by atoms with E-state index < -0.39 is 0 Å². The van der Waals surface area contributed by atoms with Crippen LogP contribution in [0.25, 0.3) is 0 Å². The number of para-hydroxylation sites is 2. The molecule has 24 heavy (non-hydrogen) atoms. The van der Waals surface area contributed by atoms with Gasteiger partial charge in [0.15, 0.2) is 5.69 Å². The van der Waals surface area contributed by atoms with Crippen LogP contribution in [0.4, 0.5) is 11.4 Å². The maximum Gasteiger partial charge on any atom is 0.276 e. The van der Waals surface area contributed by atoms with Gasteiger partial charge in [-0.2, -0.15) is 5.10 Å². The number of amides is 1. The Morgan fingerprint density at radius 3 is 2.62 bits per heavy atom. The number of ether oxygens (including phenoxy) is 1. The summed E-state index contributed by atoms with van der Waals surface area (Å²) in [5.41, 5.74) is 3.25. The summed E-state index contributed by atoms with van der Waals surface area (Å²) < 4.78 is 7.27. The van der Waals surface area contributed by atoms with Crippen molar-refractivity contribution in [1.82, 2.24) is 9.78 Å². The van der Waals surface area contributed by atoms with Crippen molar-refractivity contribution < 1.29 is 9.53 Å².